The van der Waals surface area contributed by atoms with Crippen LogP contribution in [0.5, 0.6) is 5.75 Å². The number of aryl methyl sites for hydroxylation is 1. The van der Waals surface area contributed by atoms with Gasteiger partial charge in [0, 0.05) is 11.8 Å². The molecule has 0 aliphatic heterocycles. The second-order valence-corrected chi connectivity index (χ2v) is 8.40. The number of fused-ring (bicyclic) bond motifs is 1. The third-order valence-corrected chi connectivity index (χ3v) is 6.29. The Labute approximate surface area is 167 Å². The van der Waals surface area contributed by atoms with Crippen LogP contribution in [0.3, 0.4) is 0 Å². The van der Waals surface area contributed by atoms with Gasteiger partial charge in [-0.25, -0.2) is 4.98 Å². The van der Waals surface area contributed by atoms with Crippen molar-refractivity contribution in [3.63, 3.8) is 0 Å². The molecule has 0 spiro atoms. The molecule has 2 aromatic heterocycles. The molecule has 28 heavy (non-hydrogen) atoms. The van der Waals surface area contributed by atoms with Gasteiger partial charge in [0.15, 0.2) is 5.65 Å². The molecule has 142 valence electrons. The predicted molar refractivity (Wildman–Crippen MR) is 108 cm³/mol. The summed E-state index contributed by atoms with van der Waals surface area (Å²) in [6.07, 6.45) is 1.46. The minimum atomic E-state index is -3.94. The molecule has 6 nitrogen and oxygen atoms in total. The van der Waals surface area contributed by atoms with Gasteiger partial charge in [-0.05, 0) is 49.4 Å². The Balaban J connectivity index is 1.98. The molecule has 4 aromatic rings. The summed E-state index contributed by atoms with van der Waals surface area (Å²) in [5.74, 6) is 0.684. The number of benzene rings is 2. The molecule has 0 bridgehead atoms. The summed E-state index contributed by atoms with van der Waals surface area (Å²) < 4.78 is 32.6. The van der Waals surface area contributed by atoms with Gasteiger partial charge in [0.05, 0.1) is 22.4 Å². The molecule has 4 rings (SSSR count). The molecule has 0 aliphatic rings. The highest BCUT2D eigenvalue weighted by atomic mass is 35.5. The van der Waals surface area contributed by atoms with E-state index in [9.17, 15) is 8.42 Å². The molecule has 0 N–H and O–H groups in total. The SMILES string of the molecule is COc1ccc(-c2nn(S(=O)(=O)c3ccc(C)cc3)c3nccc(Cl)c23)cc1. The quantitative estimate of drug-likeness (QED) is 0.498. The standard InChI is InChI=1S/C20H16ClN3O3S/c1-13-3-9-16(10-4-13)28(25,26)24-20-18(17(21)11-12-22-20)19(23-24)14-5-7-15(27-2)8-6-14/h3-12H,1-2H3. The molecule has 0 fully saturated rings. The van der Waals surface area contributed by atoms with Gasteiger partial charge in [-0.2, -0.15) is 13.5 Å². The van der Waals surface area contributed by atoms with Crippen LogP contribution in [-0.4, -0.2) is 29.7 Å². The van der Waals surface area contributed by atoms with Crippen molar-refractivity contribution < 1.29 is 13.2 Å². The summed E-state index contributed by atoms with van der Waals surface area (Å²) in [6.45, 7) is 1.89. The van der Waals surface area contributed by atoms with E-state index in [1.165, 1.54) is 6.20 Å². The molecule has 0 atom stereocenters. The Bertz CT molecular complexity index is 1260. The largest absolute Gasteiger partial charge is 0.497 e. The van der Waals surface area contributed by atoms with Crippen LogP contribution in [0.1, 0.15) is 5.56 Å². The van der Waals surface area contributed by atoms with Crippen LogP contribution in [0.4, 0.5) is 0 Å². The van der Waals surface area contributed by atoms with Crippen LogP contribution in [0, 0.1) is 6.92 Å². The maximum atomic E-state index is 13.2. The number of ether oxygens (including phenoxy) is 1. The second kappa shape index (κ2) is 6.92. The number of pyridine rings is 1. The lowest BCUT2D eigenvalue weighted by Gasteiger charge is -2.05. The van der Waals surface area contributed by atoms with Crippen LogP contribution in [0.2, 0.25) is 5.02 Å². The summed E-state index contributed by atoms with van der Waals surface area (Å²) >= 11 is 6.39. The van der Waals surface area contributed by atoms with Gasteiger partial charge < -0.3 is 4.74 Å². The normalized spacial score (nSPS) is 11.7. The minimum absolute atomic E-state index is 0.130. The predicted octanol–water partition coefficient (Wildman–Crippen LogP) is 4.31. The molecule has 0 amide bonds. The van der Waals surface area contributed by atoms with Crippen LogP contribution in [-0.2, 0) is 10.0 Å². The molecule has 0 radical (unpaired) electrons. The highest BCUT2D eigenvalue weighted by Gasteiger charge is 2.25. The van der Waals surface area contributed by atoms with Gasteiger partial charge in [-0.3, -0.25) is 0 Å². The molecule has 8 heteroatoms. The van der Waals surface area contributed by atoms with Crippen LogP contribution in [0.15, 0.2) is 65.7 Å². The van der Waals surface area contributed by atoms with Crippen molar-refractivity contribution in [2.45, 2.75) is 11.8 Å². The molecule has 0 saturated heterocycles. The lowest BCUT2D eigenvalue weighted by atomic mass is 10.1. The zero-order valence-corrected chi connectivity index (χ0v) is 16.7. The molecule has 2 heterocycles. The number of hydrogen-bond acceptors (Lipinski definition) is 5. The summed E-state index contributed by atoms with van der Waals surface area (Å²) in [5, 5.41) is 5.24. The van der Waals surface area contributed by atoms with E-state index in [-0.39, 0.29) is 10.5 Å². The maximum absolute atomic E-state index is 13.2. The number of hydrogen-bond donors (Lipinski definition) is 0. The molecular formula is C20H16ClN3O3S. The first-order valence-corrected chi connectivity index (χ1v) is 10.2. The van der Waals surface area contributed by atoms with Crippen molar-refractivity contribution in [2.75, 3.05) is 7.11 Å². The van der Waals surface area contributed by atoms with Crippen molar-refractivity contribution >= 4 is 32.7 Å². The first kappa shape index (κ1) is 18.5. The minimum Gasteiger partial charge on any atom is -0.497 e. The van der Waals surface area contributed by atoms with Crippen LogP contribution >= 0.6 is 11.6 Å². The molecule has 0 saturated carbocycles. The van der Waals surface area contributed by atoms with Crippen molar-refractivity contribution in [3.05, 3.63) is 71.4 Å². The summed E-state index contributed by atoms with van der Waals surface area (Å²) in [6, 6.07) is 15.3. The third kappa shape index (κ3) is 3.02. The fraction of sp³-hybridized carbons (Fsp3) is 0.100. The van der Waals surface area contributed by atoms with Crippen molar-refractivity contribution in [3.8, 4) is 17.0 Å². The number of rotatable bonds is 4. The first-order valence-electron chi connectivity index (χ1n) is 8.42. The molecule has 0 aliphatic carbocycles. The molecule has 2 aromatic carbocycles. The van der Waals surface area contributed by atoms with E-state index in [1.54, 1.807) is 61.7 Å². The monoisotopic (exact) mass is 413 g/mol. The van der Waals surface area contributed by atoms with Crippen LogP contribution in [0.25, 0.3) is 22.3 Å². The van der Waals surface area contributed by atoms with E-state index < -0.39 is 10.0 Å². The Hall–Kier alpha value is -2.90. The fourth-order valence-corrected chi connectivity index (χ4v) is 4.37. The van der Waals surface area contributed by atoms with Gasteiger partial charge in [-0.1, -0.05) is 29.3 Å². The highest BCUT2D eigenvalue weighted by Crippen LogP contribution is 2.34. The maximum Gasteiger partial charge on any atom is 0.284 e. The van der Waals surface area contributed by atoms with Gasteiger partial charge >= 0.3 is 0 Å². The third-order valence-electron chi connectivity index (χ3n) is 4.40. The Morgan fingerprint density at radius 1 is 1.00 bits per heavy atom. The van der Waals surface area contributed by atoms with E-state index in [4.69, 9.17) is 16.3 Å². The van der Waals surface area contributed by atoms with Gasteiger partial charge in [-0.15, -0.1) is 4.09 Å². The van der Waals surface area contributed by atoms with Crippen molar-refractivity contribution in [1.82, 2.24) is 14.2 Å². The summed E-state index contributed by atoms with van der Waals surface area (Å²) in [7, 11) is -2.36. The summed E-state index contributed by atoms with van der Waals surface area (Å²) in [4.78, 5) is 4.37. The fourth-order valence-electron chi connectivity index (χ4n) is 2.91. The Morgan fingerprint density at radius 2 is 1.68 bits per heavy atom. The average Bonchev–Trinajstić information content (AvgIpc) is 3.10. The number of aromatic nitrogens is 3. The smallest absolute Gasteiger partial charge is 0.284 e. The van der Waals surface area contributed by atoms with Crippen LogP contribution < -0.4 is 4.74 Å². The van der Waals surface area contributed by atoms with Crippen molar-refractivity contribution in [1.29, 1.82) is 0 Å². The number of methoxy groups -OCH3 is 1. The average molecular weight is 414 g/mol. The van der Waals surface area contributed by atoms with E-state index in [0.717, 1.165) is 9.65 Å². The van der Waals surface area contributed by atoms with E-state index >= 15 is 0 Å². The van der Waals surface area contributed by atoms with Gasteiger partial charge in [0.2, 0.25) is 0 Å². The highest BCUT2D eigenvalue weighted by molar-refractivity contribution is 7.90. The van der Waals surface area contributed by atoms with Gasteiger partial charge in [0.1, 0.15) is 11.4 Å². The van der Waals surface area contributed by atoms with E-state index in [2.05, 4.69) is 10.1 Å². The zero-order chi connectivity index (χ0) is 19.9. The lowest BCUT2D eigenvalue weighted by Crippen LogP contribution is -2.15. The van der Waals surface area contributed by atoms with Gasteiger partial charge in [0.25, 0.3) is 10.0 Å². The molecular weight excluding hydrogens is 398 g/mol. The number of nitrogens with zero attached hydrogens (tertiary/aromatic N) is 3. The second-order valence-electron chi connectivity index (χ2n) is 6.23. The van der Waals surface area contributed by atoms with Crippen molar-refractivity contribution in [2.24, 2.45) is 0 Å². The Kier molecular flexibility index (Phi) is 4.56. The van der Waals surface area contributed by atoms with E-state index in [0.29, 0.717) is 27.4 Å². The topological polar surface area (TPSA) is 74.1 Å². The Morgan fingerprint density at radius 3 is 2.32 bits per heavy atom. The number of halogens is 1. The first-order chi connectivity index (χ1) is 13.4. The lowest BCUT2D eigenvalue weighted by molar-refractivity contribution is 0.415. The zero-order valence-electron chi connectivity index (χ0n) is 15.1. The summed E-state index contributed by atoms with van der Waals surface area (Å²) in [5.41, 5.74) is 2.29. The van der Waals surface area contributed by atoms with E-state index in [1.807, 2.05) is 6.92 Å². The molecule has 0 unspecified atom stereocenters.